The molecule has 4 nitrogen and oxygen atoms in total. The van der Waals surface area contributed by atoms with Crippen molar-refractivity contribution in [2.75, 3.05) is 11.9 Å². The predicted octanol–water partition coefficient (Wildman–Crippen LogP) is 1.37. The molecule has 1 heterocycles. The number of aryl methyl sites for hydroxylation is 1. The summed E-state index contributed by atoms with van der Waals surface area (Å²) in [6.45, 7) is 4.23. The van der Waals surface area contributed by atoms with E-state index in [1.807, 2.05) is 19.2 Å². The molecule has 0 radical (unpaired) electrons. The second-order valence-corrected chi connectivity index (χ2v) is 3.98. The van der Waals surface area contributed by atoms with Crippen LogP contribution >= 0.6 is 11.3 Å². The van der Waals surface area contributed by atoms with E-state index >= 15 is 0 Å². The monoisotopic (exact) mass is 213 g/mol. The van der Waals surface area contributed by atoms with Crippen LogP contribution in [-0.2, 0) is 4.79 Å². The molecule has 14 heavy (non-hydrogen) atoms. The van der Waals surface area contributed by atoms with E-state index in [2.05, 4.69) is 10.3 Å². The first-order chi connectivity index (χ1) is 6.67. The van der Waals surface area contributed by atoms with Crippen molar-refractivity contribution in [3.8, 4) is 0 Å². The number of aromatic nitrogens is 1. The van der Waals surface area contributed by atoms with Crippen molar-refractivity contribution in [1.82, 2.24) is 4.98 Å². The topological polar surface area (TPSA) is 68.0 Å². The molecule has 1 aromatic rings. The number of nitrogens with one attached hydrogen (secondary N) is 1. The summed E-state index contributed by atoms with van der Waals surface area (Å²) in [5, 5.41) is 5.31. The lowest BCUT2D eigenvalue weighted by atomic mass is 10.1. The van der Waals surface area contributed by atoms with Crippen molar-refractivity contribution >= 4 is 22.4 Å². The average Bonchev–Trinajstić information content (AvgIpc) is 2.53. The molecule has 0 fully saturated rings. The van der Waals surface area contributed by atoms with E-state index in [0.29, 0.717) is 11.7 Å². The molecule has 0 aliphatic rings. The lowest BCUT2D eigenvalue weighted by molar-refractivity contribution is -0.119. The minimum absolute atomic E-state index is 0.0376. The third-order valence-electron chi connectivity index (χ3n) is 2.00. The molecule has 0 saturated heterocycles. The molecule has 3 N–H and O–H groups in total. The third-order valence-corrected chi connectivity index (χ3v) is 2.87. The molecule has 0 aliphatic heterocycles. The summed E-state index contributed by atoms with van der Waals surface area (Å²) < 4.78 is 0. The van der Waals surface area contributed by atoms with Crippen LogP contribution in [0.3, 0.4) is 0 Å². The van der Waals surface area contributed by atoms with Gasteiger partial charge in [-0.3, -0.25) is 4.79 Å². The maximum atomic E-state index is 11.6. The first-order valence-corrected chi connectivity index (χ1v) is 5.48. The highest BCUT2D eigenvalue weighted by Crippen LogP contribution is 2.15. The molecule has 1 atom stereocenters. The van der Waals surface area contributed by atoms with Crippen LogP contribution in [0.4, 0.5) is 5.13 Å². The summed E-state index contributed by atoms with van der Waals surface area (Å²) in [6, 6.07) is 0. The highest BCUT2D eigenvalue weighted by atomic mass is 32.1. The van der Waals surface area contributed by atoms with Crippen LogP contribution in [0.5, 0.6) is 0 Å². The Kier molecular flexibility index (Phi) is 4.03. The Morgan fingerprint density at radius 2 is 2.50 bits per heavy atom. The molecular formula is C9H15N3OS. The SMILES string of the molecule is CCC(CN)C(=O)Nc1nc(C)cs1. The molecule has 1 unspecified atom stereocenters. The second-order valence-electron chi connectivity index (χ2n) is 3.12. The predicted molar refractivity (Wildman–Crippen MR) is 58.3 cm³/mol. The van der Waals surface area contributed by atoms with Crippen LogP contribution in [0.15, 0.2) is 5.38 Å². The summed E-state index contributed by atoms with van der Waals surface area (Å²) >= 11 is 1.43. The van der Waals surface area contributed by atoms with Crippen LogP contribution in [-0.4, -0.2) is 17.4 Å². The number of nitrogens with zero attached hydrogens (tertiary/aromatic N) is 1. The Hall–Kier alpha value is -0.940. The van der Waals surface area contributed by atoms with Gasteiger partial charge < -0.3 is 11.1 Å². The van der Waals surface area contributed by atoms with Gasteiger partial charge in [-0.05, 0) is 13.3 Å². The molecule has 0 aromatic carbocycles. The van der Waals surface area contributed by atoms with Gasteiger partial charge in [0, 0.05) is 11.9 Å². The largest absolute Gasteiger partial charge is 0.330 e. The Bertz CT molecular complexity index is 307. The van der Waals surface area contributed by atoms with E-state index in [0.717, 1.165) is 12.1 Å². The fourth-order valence-corrected chi connectivity index (χ4v) is 1.77. The van der Waals surface area contributed by atoms with Gasteiger partial charge in [-0.15, -0.1) is 11.3 Å². The maximum absolute atomic E-state index is 11.6. The molecule has 1 amide bonds. The van der Waals surface area contributed by atoms with Crippen molar-refractivity contribution in [2.24, 2.45) is 11.7 Å². The number of nitrogens with two attached hydrogens (primary N) is 1. The standard InChI is InChI=1S/C9H15N3OS/c1-3-7(4-10)8(13)12-9-11-6(2)5-14-9/h5,7H,3-4,10H2,1-2H3,(H,11,12,13). The number of rotatable bonds is 4. The molecule has 5 heteroatoms. The second kappa shape index (κ2) is 5.07. The molecule has 1 aromatic heterocycles. The van der Waals surface area contributed by atoms with Gasteiger partial charge in [-0.2, -0.15) is 0 Å². The van der Waals surface area contributed by atoms with E-state index < -0.39 is 0 Å². The van der Waals surface area contributed by atoms with Gasteiger partial charge in [0.15, 0.2) is 5.13 Å². The number of anilines is 1. The Labute approximate surface area is 87.5 Å². The van der Waals surface area contributed by atoms with Gasteiger partial charge >= 0.3 is 0 Å². The first-order valence-electron chi connectivity index (χ1n) is 4.60. The zero-order valence-electron chi connectivity index (χ0n) is 8.41. The minimum Gasteiger partial charge on any atom is -0.330 e. The van der Waals surface area contributed by atoms with Gasteiger partial charge in [-0.25, -0.2) is 4.98 Å². The zero-order valence-corrected chi connectivity index (χ0v) is 9.23. The van der Waals surface area contributed by atoms with E-state index in [9.17, 15) is 4.79 Å². The fourth-order valence-electron chi connectivity index (χ4n) is 1.08. The Morgan fingerprint density at radius 3 is 2.93 bits per heavy atom. The van der Waals surface area contributed by atoms with E-state index in [-0.39, 0.29) is 11.8 Å². The number of carbonyl (C=O) groups excluding carboxylic acids is 1. The highest BCUT2D eigenvalue weighted by Gasteiger charge is 2.15. The maximum Gasteiger partial charge on any atom is 0.230 e. The van der Waals surface area contributed by atoms with E-state index in [1.54, 1.807) is 0 Å². The molecule has 0 saturated carbocycles. The highest BCUT2D eigenvalue weighted by molar-refractivity contribution is 7.13. The lowest BCUT2D eigenvalue weighted by Crippen LogP contribution is -2.28. The fraction of sp³-hybridized carbons (Fsp3) is 0.556. The number of hydrogen-bond donors (Lipinski definition) is 2. The van der Waals surface area contributed by atoms with Crippen molar-refractivity contribution in [1.29, 1.82) is 0 Å². The Balaban J connectivity index is 2.56. The summed E-state index contributed by atoms with van der Waals surface area (Å²) in [6.07, 6.45) is 0.757. The van der Waals surface area contributed by atoms with Gasteiger partial charge in [-0.1, -0.05) is 6.92 Å². The average molecular weight is 213 g/mol. The van der Waals surface area contributed by atoms with E-state index in [1.165, 1.54) is 11.3 Å². The van der Waals surface area contributed by atoms with Gasteiger partial charge in [0.05, 0.1) is 11.6 Å². The van der Waals surface area contributed by atoms with Crippen LogP contribution in [0.1, 0.15) is 19.0 Å². The number of carbonyl (C=O) groups is 1. The molecule has 78 valence electrons. The Morgan fingerprint density at radius 1 is 1.79 bits per heavy atom. The molecule has 1 rings (SSSR count). The summed E-state index contributed by atoms with van der Waals surface area (Å²) in [7, 11) is 0. The van der Waals surface area contributed by atoms with Crippen molar-refractivity contribution in [2.45, 2.75) is 20.3 Å². The lowest BCUT2D eigenvalue weighted by Gasteiger charge is -2.10. The van der Waals surface area contributed by atoms with Crippen molar-refractivity contribution in [3.63, 3.8) is 0 Å². The van der Waals surface area contributed by atoms with Crippen LogP contribution in [0, 0.1) is 12.8 Å². The van der Waals surface area contributed by atoms with Crippen LogP contribution < -0.4 is 11.1 Å². The summed E-state index contributed by atoms with van der Waals surface area (Å²) in [5.74, 6) is -0.149. The van der Waals surface area contributed by atoms with Crippen LogP contribution in [0.2, 0.25) is 0 Å². The summed E-state index contributed by atoms with van der Waals surface area (Å²) in [5.41, 5.74) is 6.39. The number of amides is 1. The smallest absolute Gasteiger partial charge is 0.230 e. The van der Waals surface area contributed by atoms with Crippen molar-refractivity contribution in [3.05, 3.63) is 11.1 Å². The minimum atomic E-state index is -0.112. The molecule has 0 spiro atoms. The van der Waals surface area contributed by atoms with Gasteiger partial charge in [0.1, 0.15) is 0 Å². The summed E-state index contributed by atoms with van der Waals surface area (Å²) in [4.78, 5) is 15.7. The van der Waals surface area contributed by atoms with Gasteiger partial charge in [0.2, 0.25) is 5.91 Å². The molecule has 0 bridgehead atoms. The van der Waals surface area contributed by atoms with Gasteiger partial charge in [0.25, 0.3) is 0 Å². The normalized spacial score (nSPS) is 12.5. The van der Waals surface area contributed by atoms with Crippen LogP contribution in [0.25, 0.3) is 0 Å². The van der Waals surface area contributed by atoms with E-state index in [4.69, 9.17) is 5.73 Å². The van der Waals surface area contributed by atoms with Crippen molar-refractivity contribution < 1.29 is 4.79 Å². The first kappa shape index (κ1) is 11.1. The zero-order chi connectivity index (χ0) is 10.6. The number of thiazole rings is 1. The molecular weight excluding hydrogens is 198 g/mol. The third kappa shape index (κ3) is 2.78. The molecule has 0 aliphatic carbocycles. The quantitative estimate of drug-likeness (QED) is 0.793. The number of hydrogen-bond acceptors (Lipinski definition) is 4.